The Hall–Kier alpha value is -1.82. The van der Waals surface area contributed by atoms with Gasteiger partial charge in [-0.3, -0.25) is 4.99 Å². The molecule has 0 amide bonds. The second kappa shape index (κ2) is 6.67. The predicted octanol–water partition coefficient (Wildman–Crippen LogP) is 2.17. The summed E-state index contributed by atoms with van der Waals surface area (Å²) in [5.41, 5.74) is 1.94. The Labute approximate surface area is 84.9 Å². The fourth-order valence-corrected chi connectivity index (χ4v) is 0.693. The van der Waals surface area contributed by atoms with Gasteiger partial charge in [0.2, 0.25) is 0 Å². The van der Waals surface area contributed by atoms with Crippen LogP contribution in [0, 0.1) is 12.3 Å². The maximum atomic E-state index is 5.00. The zero-order valence-electron chi connectivity index (χ0n) is 8.58. The first kappa shape index (κ1) is 12.2. The van der Waals surface area contributed by atoms with Crippen LogP contribution in [0.25, 0.3) is 0 Å². The fraction of sp³-hybridized carbons (Fsp3) is 0.273. The van der Waals surface area contributed by atoms with Gasteiger partial charge in [-0.2, -0.15) is 0 Å². The van der Waals surface area contributed by atoms with Gasteiger partial charge in [0.15, 0.2) is 6.61 Å². The Balaban J connectivity index is 4.55. The summed E-state index contributed by atoms with van der Waals surface area (Å²) in [5, 5.41) is 3.77. The van der Waals surface area contributed by atoms with Crippen molar-refractivity contribution in [3.05, 3.63) is 24.9 Å². The van der Waals surface area contributed by atoms with Gasteiger partial charge in [0.05, 0.1) is 5.71 Å². The van der Waals surface area contributed by atoms with E-state index in [1.54, 1.807) is 19.9 Å². The molecule has 0 aromatic carbocycles. The van der Waals surface area contributed by atoms with Crippen molar-refractivity contribution in [2.45, 2.75) is 13.8 Å². The first-order valence-electron chi connectivity index (χ1n) is 4.08. The highest BCUT2D eigenvalue weighted by atomic mass is 16.6. The third-order valence-corrected chi connectivity index (χ3v) is 1.22. The third-order valence-electron chi connectivity index (χ3n) is 1.22. The van der Waals surface area contributed by atoms with Crippen molar-refractivity contribution >= 4 is 11.4 Å². The number of hydrogen-bond acceptors (Lipinski definition) is 3. The zero-order valence-corrected chi connectivity index (χ0v) is 8.58. The van der Waals surface area contributed by atoms with Crippen LogP contribution in [0.15, 0.2) is 35.1 Å². The van der Waals surface area contributed by atoms with Gasteiger partial charge >= 0.3 is 0 Å². The molecule has 0 fully saturated rings. The second-order valence-electron chi connectivity index (χ2n) is 2.59. The lowest BCUT2D eigenvalue weighted by atomic mass is 10.2. The van der Waals surface area contributed by atoms with Crippen molar-refractivity contribution in [2.24, 2.45) is 10.1 Å². The van der Waals surface area contributed by atoms with Gasteiger partial charge < -0.3 is 4.84 Å². The smallest absolute Gasteiger partial charge is 0.177 e. The molecule has 0 spiro atoms. The Bertz CT molecular complexity index is 319. The van der Waals surface area contributed by atoms with Crippen molar-refractivity contribution in [2.75, 3.05) is 6.61 Å². The van der Waals surface area contributed by atoms with Gasteiger partial charge in [-0.1, -0.05) is 24.2 Å². The third kappa shape index (κ3) is 4.94. The molecule has 14 heavy (non-hydrogen) atoms. The van der Waals surface area contributed by atoms with Crippen molar-refractivity contribution in [3.63, 3.8) is 0 Å². The summed E-state index contributed by atoms with van der Waals surface area (Å²) < 4.78 is 0. The molecule has 74 valence electrons. The van der Waals surface area contributed by atoms with Crippen LogP contribution in [0.5, 0.6) is 0 Å². The fourth-order valence-electron chi connectivity index (χ4n) is 0.693. The highest BCUT2D eigenvalue weighted by Crippen LogP contribution is 1.95. The monoisotopic (exact) mass is 190 g/mol. The number of terminal acetylenes is 1. The Morgan fingerprint density at radius 3 is 2.64 bits per heavy atom. The lowest BCUT2D eigenvalue weighted by molar-refractivity contribution is 0.180. The first-order valence-corrected chi connectivity index (χ1v) is 4.08. The van der Waals surface area contributed by atoms with E-state index in [1.807, 2.05) is 0 Å². The zero-order chi connectivity index (χ0) is 11.0. The molecule has 0 rings (SSSR count). The summed E-state index contributed by atoms with van der Waals surface area (Å²) in [6.45, 7) is 11.0. The molecule has 0 aliphatic heterocycles. The van der Waals surface area contributed by atoms with E-state index < -0.39 is 0 Å². The molecule has 0 bridgehead atoms. The van der Waals surface area contributed by atoms with Gasteiger partial charge in [0.25, 0.3) is 0 Å². The summed E-state index contributed by atoms with van der Waals surface area (Å²) >= 11 is 0. The Morgan fingerprint density at radius 2 is 2.21 bits per heavy atom. The van der Waals surface area contributed by atoms with Crippen LogP contribution in [-0.2, 0) is 4.84 Å². The van der Waals surface area contributed by atoms with E-state index in [2.05, 4.69) is 29.2 Å². The topological polar surface area (TPSA) is 34.0 Å². The van der Waals surface area contributed by atoms with Gasteiger partial charge in [-0.15, -0.1) is 6.42 Å². The molecule has 3 nitrogen and oxygen atoms in total. The van der Waals surface area contributed by atoms with Crippen LogP contribution in [0.2, 0.25) is 0 Å². The van der Waals surface area contributed by atoms with Gasteiger partial charge in [0, 0.05) is 5.70 Å². The van der Waals surface area contributed by atoms with Crippen LogP contribution >= 0.6 is 0 Å². The van der Waals surface area contributed by atoms with E-state index >= 15 is 0 Å². The highest BCUT2D eigenvalue weighted by molar-refractivity contribution is 6.45. The van der Waals surface area contributed by atoms with Crippen LogP contribution in [-0.4, -0.2) is 18.0 Å². The van der Waals surface area contributed by atoms with Gasteiger partial charge in [0.1, 0.15) is 5.71 Å². The number of allylic oxidation sites excluding steroid dienone is 2. The molecule has 3 heteroatoms. The molecule has 0 aromatic heterocycles. The van der Waals surface area contributed by atoms with Gasteiger partial charge in [-0.25, -0.2) is 0 Å². The van der Waals surface area contributed by atoms with Crippen molar-refractivity contribution in [1.82, 2.24) is 0 Å². The molecular weight excluding hydrogens is 176 g/mol. The average molecular weight is 190 g/mol. The average Bonchev–Trinajstić information content (AvgIpc) is 2.14. The summed E-state index contributed by atoms with van der Waals surface area (Å²) in [6.07, 6.45) is 6.59. The van der Waals surface area contributed by atoms with Crippen molar-refractivity contribution < 1.29 is 4.84 Å². The van der Waals surface area contributed by atoms with E-state index in [-0.39, 0.29) is 6.61 Å². The lowest BCUT2D eigenvalue weighted by Crippen LogP contribution is -2.08. The SMILES string of the molecule is C#CCO/N=C(\C)C(C=C)=NC(=C)C. The quantitative estimate of drug-likeness (QED) is 0.283. The molecule has 0 aliphatic carbocycles. The molecule has 0 heterocycles. The number of rotatable bonds is 5. The standard InChI is InChI=1S/C11H14N2O/c1-6-8-14-13-10(5)11(7-2)12-9(3)4/h1,7H,2-3,8H2,4-5H3/b12-11?,13-10+. The van der Waals surface area contributed by atoms with Crippen molar-refractivity contribution in [1.29, 1.82) is 0 Å². The maximum Gasteiger partial charge on any atom is 0.177 e. The van der Waals surface area contributed by atoms with E-state index in [0.29, 0.717) is 17.1 Å². The highest BCUT2D eigenvalue weighted by Gasteiger charge is 1.99. The Kier molecular flexibility index (Phi) is 5.80. The summed E-state index contributed by atoms with van der Waals surface area (Å²) in [7, 11) is 0. The largest absolute Gasteiger partial charge is 0.382 e. The molecule has 0 saturated carbocycles. The van der Waals surface area contributed by atoms with E-state index in [1.165, 1.54) is 0 Å². The molecule has 0 aromatic rings. The summed E-state index contributed by atoms with van der Waals surface area (Å²) in [4.78, 5) is 8.92. The number of aliphatic imine (C=N–C) groups is 1. The van der Waals surface area contributed by atoms with Gasteiger partial charge in [-0.05, 0) is 19.9 Å². The minimum Gasteiger partial charge on any atom is -0.382 e. The lowest BCUT2D eigenvalue weighted by Gasteiger charge is -1.99. The van der Waals surface area contributed by atoms with Crippen LogP contribution in [0.4, 0.5) is 0 Å². The van der Waals surface area contributed by atoms with Crippen molar-refractivity contribution in [3.8, 4) is 12.3 Å². The number of nitrogens with zero attached hydrogens (tertiary/aromatic N) is 2. The molecule has 0 saturated heterocycles. The predicted molar refractivity (Wildman–Crippen MR) is 60.3 cm³/mol. The van der Waals surface area contributed by atoms with Crippen LogP contribution in [0.3, 0.4) is 0 Å². The van der Waals surface area contributed by atoms with Crippen LogP contribution < -0.4 is 0 Å². The minimum absolute atomic E-state index is 0.148. The van der Waals surface area contributed by atoms with E-state index in [9.17, 15) is 0 Å². The first-order chi connectivity index (χ1) is 6.61. The van der Waals surface area contributed by atoms with Crippen LogP contribution in [0.1, 0.15) is 13.8 Å². The summed E-state index contributed by atoms with van der Waals surface area (Å²) in [5.74, 6) is 2.31. The summed E-state index contributed by atoms with van der Waals surface area (Å²) in [6, 6.07) is 0. The molecular formula is C11H14N2O. The van der Waals surface area contributed by atoms with E-state index in [4.69, 9.17) is 11.3 Å². The number of hydrogen-bond donors (Lipinski definition) is 0. The molecule has 0 atom stereocenters. The van der Waals surface area contributed by atoms with E-state index in [0.717, 1.165) is 0 Å². The molecule has 0 N–H and O–H groups in total. The normalized spacial score (nSPS) is 11.8. The molecule has 0 radical (unpaired) electrons. The minimum atomic E-state index is 0.148. The second-order valence-corrected chi connectivity index (χ2v) is 2.59. The molecule has 0 unspecified atom stereocenters. The maximum absolute atomic E-state index is 5.00. The molecule has 0 aliphatic rings. The number of oxime groups is 1. The Morgan fingerprint density at radius 1 is 1.57 bits per heavy atom.